The minimum Gasteiger partial charge on any atom is -0.368 e. The van der Waals surface area contributed by atoms with Crippen molar-refractivity contribution >= 4 is 23.2 Å². The van der Waals surface area contributed by atoms with Crippen molar-refractivity contribution in [3.63, 3.8) is 0 Å². The van der Waals surface area contributed by atoms with Gasteiger partial charge in [0.1, 0.15) is 5.60 Å². The molecular formula is C18H27N3O3. The van der Waals surface area contributed by atoms with E-state index in [-0.39, 0.29) is 11.8 Å². The molecule has 0 radical (unpaired) electrons. The first-order chi connectivity index (χ1) is 11.4. The molecule has 2 rings (SSSR count). The maximum absolute atomic E-state index is 12.6. The van der Waals surface area contributed by atoms with Gasteiger partial charge in [-0.2, -0.15) is 0 Å². The van der Waals surface area contributed by atoms with Gasteiger partial charge >= 0.3 is 0 Å². The molecule has 1 aliphatic heterocycles. The number of piperidine rings is 1. The van der Waals surface area contributed by atoms with Crippen molar-refractivity contribution in [1.29, 1.82) is 0 Å². The van der Waals surface area contributed by atoms with Crippen LogP contribution in [0.15, 0.2) is 24.3 Å². The molecule has 1 aromatic carbocycles. The van der Waals surface area contributed by atoms with Crippen molar-refractivity contribution in [3.8, 4) is 0 Å². The summed E-state index contributed by atoms with van der Waals surface area (Å²) in [6, 6.07) is 7.14. The Bertz CT molecular complexity index is 563. The highest BCUT2D eigenvalue weighted by Gasteiger charge is 2.39. The topological polar surface area (TPSA) is 79.5 Å². The fourth-order valence-electron chi connectivity index (χ4n) is 2.82. The highest BCUT2D eigenvalue weighted by Crippen LogP contribution is 2.25. The van der Waals surface area contributed by atoms with Crippen LogP contribution in [0.5, 0.6) is 0 Å². The van der Waals surface area contributed by atoms with Gasteiger partial charge in [0, 0.05) is 24.9 Å². The van der Waals surface area contributed by atoms with Gasteiger partial charge in [-0.15, -0.1) is 0 Å². The van der Waals surface area contributed by atoms with E-state index in [1.807, 2.05) is 13.8 Å². The molecule has 1 aromatic rings. The second-order valence-corrected chi connectivity index (χ2v) is 6.63. The number of methoxy groups -OCH3 is 1. The number of anilines is 2. The van der Waals surface area contributed by atoms with Crippen LogP contribution in [-0.4, -0.2) is 37.6 Å². The van der Waals surface area contributed by atoms with Crippen LogP contribution in [0.25, 0.3) is 0 Å². The molecule has 0 spiro atoms. The molecule has 0 saturated carbocycles. The van der Waals surface area contributed by atoms with E-state index in [9.17, 15) is 9.59 Å². The lowest BCUT2D eigenvalue weighted by Crippen LogP contribution is -2.51. The van der Waals surface area contributed by atoms with Crippen LogP contribution in [0.3, 0.4) is 0 Å². The van der Waals surface area contributed by atoms with E-state index in [1.165, 1.54) is 0 Å². The van der Waals surface area contributed by atoms with Crippen molar-refractivity contribution in [3.05, 3.63) is 24.3 Å². The van der Waals surface area contributed by atoms with E-state index in [4.69, 9.17) is 4.74 Å². The van der Waals surface area contributed by atoms with Crippen molar-refractivity contribution < 1.29 is 14.3 Å². The molecule has 24 heavy (non-hydrogen) atoms. The van der Waals surface area contributed by atoms with E-state index < -0.39 is 5.60 Å². The largest absolute Gasteiger partial charge is 0.368 e. The Morgan fingerprint density at radius 1 is 1.12 bits per heavy atom. The second kappa shape index (κ2) is 8.26. The van der Waals surface area contributed by atoms with Crippen molar-refractivity contribution in [2.24, 2.45) is 5.92 Å². The molecule has 2 amide bonds. The Morgan fingerprint density at radius 3 is 2.17 bits per heavy atom. The van der Waals surface area contributed by atoms with Gasteiger partial charge in [0.2, 0.25) is 5.91 Å². The van der Waals surface area contributed by atoms with Gasteiger partial charge in [-0.05, 0) is 56.1 Å². The monoisotopic (exact) mass is 333 g/mol. The number of carbonyl (C=O) groups excluding carboxylic acids is 2. The van der Waals surface area contributed by atoms with Crippen LogP contribution >= 0.6 is 0 Å². The van der Waals surface area contributed by atoms with Crippen molar-refractivity contribution in [1.82, 2.24) is 5.32 Å². The van der Waals surface area contributed by atoms with E-state index >= 15 is 0 Å². The van der Waals surface area contributed by atoms with E-state index in [0.717, 1.165) is 18.8 Å². The quantitative estimate of drug-likeness (QED) is 0.747. The average molecular weight is 333 g/mol. The first-order valence-electron chi connectivity index (χ1n) is 8.42. The van der Waals surface area contributed by atoms with Crippen LogP contribution in [0.2, 0.25) is 0 Å². The number of hydrogen-bond donors (Lipinski definition) is 3. The predicted molar refractivity (Wildman–Crippen MR) is 95.0 cm³/mol. The summed E-state index contributed by atoms with van der Waals surface area (Å²) in [7, 11) is 1.58. The average Bonchev–Trinajstić information content (AvgIpc) is 2.56. The third kappa shape index (κ3) is 4.79. The molecule has 132 valence electrons. The van der Waals surface area contributed by atoms with Gasteiger partial charge in [0.05, 0.1) is 0 Å². The van der Waals surface area contributed by atoms with E-state index in [2.05, 4.69) is 16.0 Å². The molecule has 6 nitrogen and oxygen atoms in total. The lowest BCUT2D eigenvalue weighted by atomic mass is 9.91. The molecule has 1 fully saturated rings. The highest BCUT2D eigenvalue weighted by molar-refractivity contribution is 5.98. The predicted octanol–water partition coefficient (Wildman–Crippen LogP) is 2.38. The normalized spacial score (nSPS) is 16.7. The number of hydrogen-bond acceptors (Lipinski definition) is 4. The summed E-state index contributed by atoms with van der Waals surface area (Å²) in [4.78, 5) is 24.3. The second-order valence-electron chi connectivity index (χ2n) is 6.63. The van der Waals surface area contributed by atoms with Crippen LogP contribution < -0.4 is 16.0 Å². The highest BCUT2D eigenvalue weighted by atomic mass is 16.5. The minimum absolute atomic E-state index is 0.00479. The molecule has 1 aliphatic rings. The van der Waals surface area contributed by atoms with Gasteiger partial charge in [0.15, 0.2) is 0 Å². The van der Waals surface area contributed by atoms with Gasteiger partial charge in [-0.25, -0.2) is 0 Å². The first-order valence-corrected chi connectivity index (χ1v) is 8.42. The molecular weight excluding hydrogens is 306 g/mol. The molecule has 1 heterocycles. The number of benzene rings is 1. The smallest absolute Gasteiger partial charge is 0.256 e. The molecule has 0 aromatic heterocycles. The molecule has 0 bridgehead atoms. The fraction of sp³-hybridized carbons (Fsp3) is 0.556. The van der Waals surface area contributed by atoms with Crippen molar-refractivity contribution in [2.45, 2.75) is 38.7 Å². The van der Waals surface area contributed by atoms with E-state index in [1.54, 1.807) is 31.4 Å². The first kappa shape index (κ1) is 18.4. The van der Waals surface area contributed by atoms with Gasteiger partial charge in [0.25, 0.3) is 5.91 Å². The molecule has 3 N–H and O–H groups in total. The van der Waals surface area contributed by atoms with Crippen LogP contribution in [0.1, 0.15) is 33.1 Å². The van der Waals surface area contributed by atoms with E-state index in [0.29, 0.717) is 30.9 Å². The van der Waals surface area contributed by atoms with Crippen LogP contribution in [-0.2, 0) is 14.3 Å². The summed E-state index contributed by atoms with van der Waals surface area (Å²) in [6.07, 6.45) is 1.79. The minimum atomic E-state index is -0.768. The molecule has 1 saturated heterocycles. The summed E-state index contributed by atoms with van der Waals surface area (Å²) >= 11 is 0. The zero-order valence-corrected chi connectivity index (χ0v) is 14.6. The summed E-state index contributed by atoms with van der Waals surface area (Å²) in [5.41, 5.74) is 0.647. The molecule has 0 unspecified atom stereocenters. The lowest BCUT2D eigenvalue weighted by molar-refractivity contribution is -0.140. The summed E-state index contributed by atoms with van der Waals surface area (Å²) < 4.78 is 5.52. The standard InChI is InChI=1S/C18H27N3O3/c1-13(2)12-16(22)20-14-4-6-15(7-5-14)21-17(23)18(24-3)8-10-19-11-9-18/h4-7,13,19H,8-12H2,1-3H3,(H,20,22)(H,21,23). The van der Waals surface area contributed by atoms with Gasteiger partial charge in [-0.1, -0.05) is 13.8 Å². The van der Waals surface area contributed by atoms with Crippen LogP contribution in [0, 0.1) is 5.92 Å². The maximum atomic E-state index is 12.6. The Hall–Kier alpha value is -1.92. The summed E-state index contributed by atoms with van der Waals surface area (Å²) in [5.74, 6) is 0.191. The maximum Gasteiger partial charge on any atom is 0.256 e. The zero-order chi connectivity index (χ0) is 17.6. The van der Waals surface area contributed by atoms with Crippen LogP contribution in [0.4, 0.5) is 11.4 Å². The Morgan fingerprint density at radius 2 is 1.67 bits per heavy atom. The third-order valence-corrected chi connectivity index (χ3v) is 4.24. The Kier molecular flexibility index (Phi) is 6.34. The lowest BCUT2D eigenvalue weighted by Gasteiger charge is -2.34. The number of amides is 2. The molecule has 0 aliphatic carbocycles. The van der Waals surface area contributed by atoms with Gasteiger partial charge in [-0.3, -0.25) is 9.59 Å². The Balaban J connectivity index is 1.95. The summed E-state index contributed by atoms with van der Waals surface area (Å²) in [6.45, 7) is 5.54. The zero-order valence-electron chi connectivity index (χ0n) is 14.6. The summed E-state index contributed by atoms with van der Waals surface area (Å²) in [5, 5.41) is 8.99. The number of ether oxygens (including phenoxy) is 1. The third-order valence-electron chi connectivity index (χ3n) is 4.24. The Labute approximate surface area is 143 Å². The molecule has 0 atom stereocenters. The van der Waals surface area contributed by atoms with Crippen molar-refractivity contribution in [2.75, 3.05) is 30.8 Å². The number of carbonyl (C=O) groups is 2. The van der Waals surface area contributed by atoms with Gasteiger partial charge < -0.3 is 20.7 Å². The molecule has 6 heteroatoms. The SMILES string of the molecule is COC1(C(=O)Nc2ccc(NC(=O)CC(C)C)cc2)CCNCC1. The number of rotatable bonds is 6. The fourth-order valence-corrected chi connectivity index (χ4v) is 2.82. The number of nitrogens with one attached hydrogen (secondary N) is 3.